The summed E-state index contributed by atoms with van der Waals surface area (Å²) in [5.74, 6) is -0.170. The zero-order chi connectivity index (χ0) is 12.3. The van der Waals surface area contributed by atoms with Crippen LogP contribution in [0.5, 0.6) is 0 Å². The molecule has 2 rings (SSSR count). The highest BCUT2D eigenvalue weighted by molar-refractivity contribution is 5.75. The highest BCUT2D eigenvalue weighted by atomic mass is 16.5. The molecule has 1 aromatic carbocycles. The van der Waals surface area contributed by atoms with E-state index in [1.165, 1.54) is 11.1 Å². The number of aryl methyl sites for hydroxylation is 1. The van der Waals surface area contributed by atoms with Gasteiger partial charge in [0, 0.05) is 6.04 Å². The number of benzene rings is 1. The Morgan fingerprint density at radius 1 is 1.53 bits per heavy atom. The molecular formula is C14H19NO2. The summed E-state index contributed by atoms with van der Waals surface area (Å²) in [7, 11) is 0. The van der Waals surface area contributed by atoms with Crippen LogP contribution in [0.3, 0.4) is 0 Å². The van der Waals surface area contributed by atoms with Gasteiger partial charge in [-0.15, -0.1) is 0 Å². The Balaban J connectivity index is 1.99. The average Bonchev–Trinajstić information content (AvgIpc) is 2.73. The number of carbonyl (C=O) groups excluding carboxylic acids is 1. The van der Waals surface area contributed by atoms with E-state index in [-0.39, 0.29) is 18.1 Å². The maximum atomic E-state index is 11.6. The van der Waals surface area contributed by atoms with Crippen molar-refractivity contribution in [1.29, 1.82) is 0 Å². The van der Waals surface area contributed by atoms with E-state index in [1.807, 2.05) is 19.9 Å². The third-order valence-electron chi connectivity index (χ3n) is 3.22. The van der Waals surface area contributed by atoms with Gasteiger partial charge < -0.3 is 4.74 Å². The maximum Gasteiger partial charge on any atom is 0.322 e. The quantitative estimate of drug-likeness (QED) is 0.810. The number of nitrogens with one attached hydrogen (secondary N) is 1. The van der Waals surface area contributed by atoms with Crippen molar-refractivity contribution in [1.82, 2.24) is 5.32 Å². The summed E-state index contributed by atoms with van der Waals surface area (Å²) < 4.78 is 5.00. The molecule has 1 aromatic rings. The molecule has 17 heavy (non-hydrogen) atoms. The van der Waals surface area contributed by atoms with E-state index in [2.05, 4.69) is 23.5 Å². The van der Waals surface area contributed by atoms with E-state index in [9.17, 15) is 4.79 Å². The Morgan fingerprint density at radius 2 is 2.29 bits per heavy atom. The van der Waals surface area contributed by atoms with Crippen LogP contribution < -0.4 is 5.32 Å². The number of hydrogen-bond donors (Lipinski definition) is 1. The first-order valence-corrected chi connectivity index (χ1v) is 6.23. The van der Waals surface area contributed by atoms with Gasteiger partial charge in [-0.2, -0.15) is 0 Å². The fourth-order valence-electron chi connectivity index (χ4n) is 2.37. The largest absolute Gasteiger partial charge is 0.465 e. The van der Waals surface area contributed by atoms with Crippen molar-refractivity contribution in [2.75, 3.05) is 6.61 Å². The van der Waals surface area contributed by atoms with E-state index in [4.69, 9.17) is 4.74 Å². The molecule has 0 heterocycles. The molecule has 1 aliphatic rings. The van der Waals surface area contributed by atoms with E-state index in [1.54, 1.807) is 0 Å². The molecule has 3 heteroatoms. The summed E-state index contributed by atoms with van der Waals surface area (Å²) in [6, 6.07) is 8.45. The first kappa shape index (κ1) is 12.1. The summed E-state index contributed by atoms with van der Waals surface area (Å²) >= 11 is 0. The predicted octanol–water partition coefficient (Wildman–Crippen LogP) is 2.22. The molecule has 0 saturated carbocycles. The van der Waals surface area contributed by atoms with Crippen LogP contribution in [0.25, 0.3) is 0 Å². The van der Waals surface area contributed by atoms with E-state index in [0.717, 1.165) is 12.8 Å². The Kier molecular flexibility index (Phi) is 3.79. The third-order valence-corrected chi connectivity index (χ3v) is 3.22. The minimum Gasteiger partial charge on any atom is -0.465 e. The summed E-state index contributed by atoms with van der Waals surface area (Å²) in [4.78, 5) is 11.6. The monoisotopic (exact) mass is 233 g/mol. The van der Waals surface area contributed by atoms with Crippen molar-refractivity contribution < 1.29 is 9.53 Å². The Labute approximate surface area is 102 Å². The van der Waals surface area contributed by atoms with Crippen LogP contribution in [-0.4, -0.2) is 18.6 Å². The first-order chi connectivity index (χ1) is 8.22. The van der Waals surface area contributed by atoms with E-state index in [0.29, 0.717) is 6.61 Å². The number of esters is 1. The molecule has 0 spiro atoms. The lowest BCUT2D eigenvalue weighted by atomic mass is 10.1. The number of hydrogen-bond acceptors (Lipinski definition) is 3. The Bertz CT molecular complexity index is 403. The van der Waals surface area contributed by atoms with Gasteiger partial charge in [-0.05, 0) is 37.8 Å². The number of carbonyl (C=O) groups is 1. The van der Waals surface area contributed by atoms with E-state index < -0.39 is 0 Å². The Hall–Kier alpha value is -1.35. The number of rotatable bonds is 4. The topological polar surface area (TPSA) is 38.3 Å². The minimum absolute atomic E-state index is 0.170. The molecule has 0 aromatic heterocycles. The number of fused-ring (bicyclic) bond motifs is 1. The molecule has 1 aliphatic carbocycles. The lowest BCUT2D eigenvalue weighted by Gasteiger charge is -2.19. The molecule has 0 radical (unpaired) electrons. The zero-order valence-electron chi connectivity index (χ0n) is 10.4. The van der Waals surface area contributed by atoms with Gasteiger partial charge in [0.1, 0.15) is 6.04 Å². The second-order valence-corrected chi connectivity index (χ2v) is 4.43. The SMILES string of the molecule is CCOC(=O)[C@H](C)NC1CCc2ccccc21. The van der Waals surface area contributed by atoms with Gasteiger partial charge in [0.15, 0.2) is 0 Å². The first-order valence-electron chi connectivity index (χ1n) is 6.23. The van der Waals surface area contributed by atoms with Gasteiger partial charge in [-0.1, -0.05) is 24.3 Å². The molecule has 92 valence electrons. The molecule has 0 saturated heterocycles. The molecule has 0 bridgehead atoms. The fraction of sp³-hybridized carbons (Fsp3) is 0.500. The van der Waals surface area contributed by atoms with Crippen LogP contribution >= 0.6 is 0 Å². The van der Waals surface area contributed by atoms with Gasteiger partial charge in [0.2, 0.25) is 0 Å². The van der Waals surface area contributed by atoms with Crippen molar-refractivity contribution in [3.63, 3.8) is 0 Å². The molecule has 0 amide bonds. The van der Waals surface area contributed by atoms with Crippen LogP contribution in [0, 0.1) is 0 Å². The number of ether oxygens (including phenoxy) is 1. The molecule has 0 aliphatic heterocycles. The van der Waals surface area contributed by atoms with Gasteiger partial charge in [0.25, 0.3) is 0 Å². The van der Waals surface area contributed by atoms with Crippen molar-refractivity contribution in [2.24, 2.45) is 0 Å². The third kappa shape index (κ3) is 2.67. The summed E-state index contributed by atoms with van der Waals surface area (Å²) in [5.41, 5.74) is 2.71. The second kappa shape index (κ2) is 5.32. The van der Waals surface area contributed by atoms with Crippen molar-refractivity contribution in [2.45, 2.75) is 38.8 Å². The van der Waals surface area contributed by atoms with Crippen LogP contribution in [0.2, 0.25) is 0 Å². The molecule has 2 atom stereocenters. The van der Waals surface area contributed by atoms with Crippen molar-refractivity contribution in [3.8, 4) is 0 Å². The van der Waals surface area contributed by atoms with Gasteiger partial charge in [-0.3, -0.25) is 10.1 Å². The molecule has 1 unspecified atom stereocenters. The lowest BCUT2D eigenvalue weighted by Crippen LogP contribution is -2.37. The molecular weight excluding hydrogens is 214 g/mol. The molecule has 3 nitrogen and oxygen atoms in total. The minimum atomic E-state index is -0.244. The van der Waals surface area contributed by atoms with Crippen LogP contribution in [0.1, 0.15) is 37.4 Å². The van der Waals surface area contributed by atoms with Crippen LogP contribution in [-0.2, 0) is 16.0 Å². The summed E-state index contributed by atoms with van der Waals surface area (Å²) in [6.07, 6.45) is 2.15. The highest BCUT2D eigenvalue weighted by Gasteiger charge is 2.25. The van der Waals surface area contributed by atoms with Crippen LogP contribution in [0.15, 0.2) is 24.3 Å². The second-order valence-electron chi connectivity index (χ2n) is 4.43. The molecule has 1 N–H and O–H groups in total. The summed E-state index contributed by atoms with van der Waals surface area (Å²) in [6.45, 7) is 4.13. The fourth-order valence-corrected chi connectivity index (χ4v) is 2.37. The van der Waals surface area contributed by atoms with Crippen molar-refractivity contribution in [3.05, 3.63) is 35.4 Å². The van der Waals surface area contributed by atoms with E-state index >= 15 is 0 Å². The lowest BCUT2D eigenvalue weighted by molar-refractivity contribution is -0.145. The normalized spacial score (nSPS) is 19.8. The average molecular weight is 233 g/mol. The predicted molar refractivity (Wildman–Crippen MR) is 66.7 cm³/mol. The highest BCUT2D eigenvalue weighted by Crippen LogP contribution is 2.30. The van der Waals surface area contributed by atoms with Crippen LogP contribution in [0.4, 0.5) is 0 Å². The Morgan fingerprint density at radius 3 is 3.06 bits per heavy atom. The van der Waals surface area contributed by atoms with Gasteiger partial charge >= 0.3 is 5.97 Å². The summed E-state index contributed by atoms with van der Waals surface area (Å²) in [5, 5.41) is 3.35. The van der Waals surface area contributed by atoms with Crippen molar-refractivity contribution >= 4 is 5.97 Å². The van der Waals surface area contributed by atoms with Gasteiger partial charge in [-0.25, -0.2) is 0 Å². The molecule has 0 fully saturated rings. The zero-order valence-corrected chi connectivity index (χ0v) is 10.4. The van der Waals surface area contributed by atoms with Gasteiger partial charge in [0.05, 0.1) is 6.61 Å². The standard InChI is InChI=1S/C14H19NO2/c1-3-17-14(16)10(2)15-13-9-8-11-6-4-5-7-12(11)13/h4-7,10,13,15H,3,8-9H2,1-2H3/t10-,13?/m0/s1. The smallest absolute Gasteiger partial charge is 0.322 e. The maximum absolute atomic E-state index is 11.6.